The van der Waals surface area contributed by atoms with Gasteiger partial charge in [-0.2, -0.15) is 0 Å². The first-order valence-electron chi connectivity index (χ1n) is 9.78. The van der Waals surface area contributed by atoms with Crippen LogP contribution in [-0.2, 0) is 6.61 Å². The van der Waals surface area contributed by atoms with Crippen molar-refractivity contribution in [2.75, 3.05) is 20.2 Å². The first-order valence-corrected chi connectivity index (χ1v) is 10.7. The van der Waals surface area contributed by atoms with Crippen LogP contribution in [0.1, 0.15) is 39.7 Å². The zero-order valence-electron chi connectivity index (χ0n) is 16.4. The first kappa shape index (κ1) is 19.5. The molecule has 4 rings (SSSR count). The van der Waals surface area contributed by atoms with E-state index in [2.05, 4.69) is 4.98 Å². The Balaban J connectivity index is 1.45. The van der Waals surface area contributed by atoms with E-state index in [1.807, 2.05) is 58.9 Å². The topological polar surface area (TPSA) is 51.7 Å². The number of likely N-dealkylation sites (tertiary alicyclic amines) is 1. The van der Waals surface area contributed by atoms with Crippen LogP contribution >= 0.6 is 11.3 Å². The van der Waals surface area contributed by atoms with E-state index in [9.17, 15) is 4.79 Å². The quantitative estimate of drug-likeness (QED) is 0.591. The highest BCUT2D eigenvalue weighted by molar-refractivity contribution is 7.09. The van der Waals surface area contributed by atoms with Crippen LogP contribution < -0.4 is 9.47 Å². The average Bonchev–Trinajstić information content (AvgIpc) is 3.33. The Labute approximate surface area is 174 Å². The number of methoxy groups -OCH3 is 1. The van der Waals surface area contributed by atoms with Crippen LogP contribution in [0, 0.1) is 0 Å². The second kappa shape index (κ2) is 9.09. The summed E-state index contributed by atoms with van der Waals surface area (Å²) in [6.45, 7) is 1.93. The summed E-state index contributed by atoms with van der Waals surface area (Å²) in [5, 5.41) is 3.11. The maximum Gasteiger partial charge on any atom is 0.254 e. The molecule has 150 valence electrons. The Morgan fingerprint density at radius 2 is 2.07 bits per heavy atom. The van der Waals surface area contributed by atoms with Crippen LogP contribution in [0.25, 0.3) is 0 Å². The summed E-state index contributed by atoms with van der Waals surface area (Å²) in [6, 6.07) is 15.4. The molecule has 0 spiro atoms. The average molecular weight is 409 g/mol. The van der Waals surface area contributed by atoms with Gasteiger partial charge < -0.3 is 14.4 Å². The monoisotopic (exact) mass is 408 g/mol. The lowest BCUT2D eigenvalue weighted by Gasteiger charge is -2.32. The summed E-state index contributed by atoms with van der Waals surface area (Å²) in [7, 11) is 1.60. The minimum absolute atomic E-state index is 0.0270. The Hall–Kier alpha value is -2.86. The number of thiazole rings is 1. The highest BCUT2D eigenvalue weighted by atomic mass is 32.1. The zero-order chi connectivity index (χ0) is 20.1. The Morgan fingerprint density at radius 3 is 2.83 bits per heavy atom. The van der Waals surface area contributed by atoms with Crippen LogP contribution in [0.5, 0.6) is 11.5 Å². The second-order valence-electron chi connectivity index (χ2n) is 7.10. The van der Waals surface area contributed by atoms with Crippen LogP contribution in [-0.4, -0.2) is 36.0 Å². The van der Waals surface area contributed by atoms with Crippen LogP contribution in [0.4, 0.5) is 0 Å². The molecule has 2 aromatic carbocycles. The van der Waals surface area contributed by atoms with Crippen molar-refractivity contribution < 1.29 is 14.3 Å². The van der Waals surface area contributed by atoms with Crippen molar-refractivity contribution in [2.45, 2.75) is 25.4 Å². The summed E-state index contributed by atoms with van der Waals surface area (Å²) >= 11 is 1.67. The molecular formula is C23H24N2O3S. The highest BCUT2D eigenvalue weighted by Gasteiger charge is 2.27. The summed E-state index contributed by atoms with van der Waals surface area (Å²) in [4.78, 5) is 19.4. The van der Waals surface area contributed by atoms with E-state index in [1.165, 1.54) is 0 Å². The van der Waals surface area contributed by atoms with Crippen LogP contribution in [0.15, 0.2) is 60.1 Å². The Bertz CT molecular complexity index is 944. The van der Waals surface area contributed by atoms with Gasteiger partial charge in [0.15, 0.2) is 11.5 Å². The lowest BCUT2D eigenvalue weighted by atomic mass is 9.98. The number of carbonyl (C=O) groups excluding carboxylic acids is 1. The summed E-state index contributed by atoms with van der Waals surface area (Å²) in [5.41, 5.74) is 1.70. The fraction of sp³-hybridized carbons (Fsp3) is 0.304. The molecule has 0 N–H and O–H groups in total. The molecule has 1 fully saturated rings. The summed E-state index contributed by atoms with van der Waals surface area (Å²) in [6.07, 6.45) is 3.90. The summed E-state index contributed by atoms with van der Waals surface area (Å²) in [5.74, 6) is 1.55. The van der Waals surface area contributed by atoms with Crippen LogP contribution in [0.2, 0.25) is 0 Å². The number of ether oxygens (including phenoxy) is 2. The second-order valence-corrected chi connectivity index (χ2v) is 8.03. The van der Waals surface area contributed by atoms with E-state index in [0.29, 0.717) is 36.1 Å². The molecule has 0 saturated carbocycles. The third kappa shape index (κ3) is 4.59. The number of hydrogen-bond acceptors (Lipinski definition) is 5. The third-order valence-electron chi connectivity index (χ3n) is 5.16. The number of amides is 1. The smallest absolute Gasteiger partial charge is 0.254 e. The van der Waals surface area contributed by atoms with E-state index < -0.39 is 0 Å². The number of piperidine rings is 1. The molecule has 1 aliphatic rings. The van der Waals surface area contributed by atoms with Crippen molar-refractivity contribution in [3.63, 3.8) is 0 Å². The molecule has 1 aromatic heterocycles. The van der Waals surface area contributed by atoms with Crippen molar-refractivity contribution in [2.24, 2.45) is 0 Å². The van der Waals surface area contributed by atoms with Gasteiger partial charge in [0.2, 0.25) is 0 Å². The zero-order valence-corrected chi connectivity index (χ0v) is 17.2. The SMILES string of the molecule is COc1cc(C(=O)N2CCCC(c3nccs3)C2)ccc1OCc1ccccc1. The highest BCUT2D eigenvalue weighted by Crippen LogP contribution is 2.32. The van der Waals surface area contributed by atoms with E-state index in [-0.39, 0.29) is 5.91 Å². The van der Waals surface area contributed by atoms with Gasteiger partial charge in [0.05, 0.1) is 12.1 Å². The van der Waals surface area contributed by atoms with Gasteiger partial charge in [-0.15, -0.1) is 11.3 Å². The minimum Gasteiger partial charge on any atom is -0.493 e. The predicted molar refractivity (Wildman–Crippen MR) is 114 cm³/mol. The molecule has 0 aliphatic carbocycles. The van der Waals surface area contributed by atoms with Gasteiger partial charge in [-0.3, -0.25) is 4.79 Å². The molecule has 1 aliphatic heterocycles. The molecular weight excluding hydrogens is 384 g/mol. The number of benzene rings is 2. The Kier molecular flexibility index (Phi) is 6.10. The van der Waals surface area contributed by atoms with Crippen molar-refractivity contribution in [3.05, 3.63) is 76.2 Å². The number of carbonyl (C=O) groups is 1. The van der Waals surface area contributed by atoms with E-state index >= 15 is 0 Å². The summed E-state index contributed by atoms with van der Waals surface area (Å²) < 4.78 is 11.4. The van der Waals surface area contributed by atoms with Gasteiger partial charge in [0, 0.05) is 36.1 Å². The van der Waals surface area contributed by atoms with Crippen molar-refractivity contribution in [1.29, 1.82) is 0 Å². The maximum atomic E-state index is 13.1. The van der Waals surface area contributed by atoms with Gasteiger partial charge in [-0.05, 0) is 36.6 Å². The number of aromatic nitrogens is 1. The molecule has 1 saturated heterocycles. The molecule has 0 bridgehead atoms. The van der Waals surface area contributed by atoms with E-state index in [0.717, 1.165) is 30.0 Å². The molecule has 2 heterocycles. The van der Waals surface area contributed by atoms with Gasteiger partial charge in [0.1, 0.15) is 6.61 Å². The largest absolute Gasteiger partial charge is 0.493 e. The van der Waals surface area contributed by atoms with Crippen molar-refractivity contribution in [3.8, 4) is 11.5 Å². The predicted octanol–water partition coefficient (Wildman–Crippen LogP) is 4.75. The van der Waals surface area contributed by atoms with Gasteiger partial charge in [0.25, 0.3) is 5.91 Å². The van der Waals surface area contributed by atoms with E-state index in [4.69, 9.17) is 9.47 Å². The maximum absolute atomic E-state index is 13.1. The Morgan fingerprint density at radius 1 is 1.21 bits per heavy atom. The molecule has 6 heteroatoms. The molecule has 3 aromatic rings. The molecule has 1 unspecified atom stereocenters. The molecule has 1 atom stereocenters. The normalized spacial score (nSPS) is 16.4. The fourth-order valence-electron chi connectivity index (χ4n) is 3.64. The van der Waals surface area contributed by atoms with Crippen LogP contribution in [0.3, 0.4) is 0 Å². The molecule has 1 amide bonds. The molecule has 5 nitrogen and oxygen atoms in total. The van der Waals surface area contributed by atoms with Gasteiger partial charge >= 0.3 is 0 Å². The molecule has 0 radical (unpaired) electrons. The van der Waals surface area contributed by atoms with Crippen molar-refractivity contribution >= 4 is 17.2 Å². The lowest BCUT2D eigenvalue weighted by molar-refractivity contribution is 0.0706. The van der Waals surface area contributed by atoms with Gasteiger partial charge in [-0.1, -0.05) is 30.3 Å². The number of hydrogen-bond donors (Lipinski definition) is 0. The van der Waals surface area contributed by atoms with E-state index in [1.54, 1.807) is 24.5 Å². The first-order chi connectivity index (χ1) is 14.2. The van der Waals surface area contributed by atoms with Crippen molar-refractivity contribution in [1.82, 2.24) is 9.88 Å². The number of rotatable bonds is 6. The lowest BCUT2D eigenvalue weighted by Crippen LogP contribution is -2.39. The third-order valence-corrected chi connectivity index (χ3v) is 6.10. The van der Waals surface area contributed by atoms with Gasteiger partial charge in [-0.25, -0.2) is 4.98 Å². The molecule has 29 heavy (non-hydrogen) atoms. The minimum atomic E-state index is 0.0270. The standard InChI is InChI=1S/C23H24N2O3S/c1-27-21-14-18(9-10-20(21)28-16-17-6-3-2-4-7-17)23(26)25-12-5-8-19(15-25)22-24-11-13-29-22/h2-4,6-7,9-11,13-14,19H,5,8,12,15-16H2,1H3. The fourth-order valence-corrected chi connectivity index (χ4v) is 4.40. The number of nitrogens with zero attached hydrogens (tertiary/aromatic N) is 2.